The monoisotopic (exact) mass is 514 g/mol. The molecule has 0 saturated heterocycles. The van der Waals surface area contributed by atoms with Crippen LogP contribution in [0, 0.1) is 5.92 Å². The Hall–Kier alpha value is -2.70. The molecule has 3 aromatic rings. The van der Waals surface area contributed by atoms with Crippen molar-refractivity contribution in [1.29, 1.82) is 0 Å². The zero-order chi connectivity index (χ0) is 22.0. The van der Waals surface area contributed by atoms with Crippen molar-refractivity contribution in [2.75, 3.05) is 7.11 Å². The summed E-state index contributed by atoms with van der Waals surface area (Å²) in [5, 5.41) is 0.669. The van der Waals surface area contributed by atoms with Gasteiger partial charge in [-0.1, -0.05) is 29.8 Å². The van der Waals surface area contributed by atoms with E-state index >= 15 is 0 Å². The first-order valence-corrected chi connectivity index (χ1v) is 10.6. The molecule has 2 N–H and O–H groups in total. The second-order valence-corrected chi connectivity index (χ2v) is 8.25. The quantitative estimate of drug-likeness (QED) is 0.493. The number of aryl methyl sites for hydroxylation is 1. The number of nitrogens with zero attached hydrogens (tertiary/aromatic N) is 1. The van der Waals surface area contributed by atoms with E-state index in [4.69, 9.17) is 22.1 Å². The van der Waals surface area contributed by atoms with Crippen molar-refractivity contribution < 1.29 is 35.9 Å². The van der Waals surface area contributed by atoms with Gasteiger partial charge in [0.05, 0.1) is 12.1 Å². The predicted octanol–water partition coefficient (Wildman–Crippen LogP) is 0.775. The number of Topliss-reactive ketones (excluding diaryl/α,β-unsaturated/α-hetero) is 1. The molecule has 166 valence electrons. The summed E-state index contributed by atoms with van der Waals surface area (Å²) in [7, 11) is 1.62. The summed E-state index contributed by atoms with van der Waals surface area (Å²) in [5.41, 5.74) is 9.61. The first kappa shape index (κ1) is 24.0. The normalized spacial score (nSPS) is 14.9. The molecule has 1 heterocycles. The van der Waals surface area contributed by atoms with E-state index in [1.54, 1.807) is 13.3 Å². The van der Waals surface area contributed by atoms with Gasteiger partial charge in [-0.2, -0.15) is 4.57 Å². The highest BCUT2D eigenvalue weighted by molar-refractivity contribution is 6.31. The topological polar surface area (TPSA) is 73.3 Å². The summed E-state index contributed by atoms with van der Waals surface area (Å²) >= 11 is 6.26. The van der Waals surface area contributed by atoms with Crippen molar-refractivity contribution in [2.24, 2.45) is 11.7 Å². The standard InChI is InChI=1S/C25H23ClN2O3.BrH/c1-31-20-8-9-21-16(13-20)6-7-18(24(21)29)12-17-10-11-28(15-22(17)25(27)30)14-19-4-2-3-5-23(19)26;/h2-5,8-11,13,15,18H,6-7,12,14H2,1H3,(H-,27,30);1H. The van der Waals surface area contributed by atoms with Crippen molar-refractivity contribution in [2.45, 2.75) is 25.8 Å². The van der Waals surface area contributed by atoms with Crippen LogP contribution in [-0.2, 0) is 19.4 Å². The number of halogens is 2. The summed E-state index contributed by atoms with van der Waals surface area (Å²) in [6.45, 7) is 0.526. The van der Waals surface area contributed by atoms with Gasteiger partial charge in [-0.15, -0.1) is 0 Å². The second kappa shape index (κ2) is 10.3. The Kier molecular flexibility index (Phi) is 7.69. The highest BCUT2D eigenvalue weighted by Crippen LogP contribution is 2.31. The van der Waals surface area contributed by atoms with Crippen molar-refractivity contribution in [3.8, 4) is 5.75 Å². The van der Waals surface area contributed by atoms with Crippen LogP contribution in [0.2, 0.25) is 5.02 Å². The number of nitrogens with two attached hydrogens (primary N) is 1. The SMILES string of the molecule is COc1ccc2c(c1)CCC(Cc1cc[n+](Cc3ccccc3Cl)cc1C(N)=O)C2=O.[Br-]. The van der Waals surface area contributed by atoms with Gasteiger partial charge < -0.3 is 27.5 Å². The van der Waals surface area contributed by atoms with Gasteiger partial charge >= 0.3 is 0 Å². The van der Waals surface area contributed by atoms with Crippen LogP contribution in [-0.4, -0.2) is 18.8 Å². The molecule has 0 radical (unpaired) electrons. The second-order valence-electron chi connectivity index (χ2n) is 7.84. The Morgan fingerprint density at radius 3 is 2.69 bits per heavy atom. The van der Waals surface area contributed by atoms with Crippen molar-refractivity contribution in [3.63, 3.8) is 0 Å². The lowest BCUT2D eigenvalue weighted by atomic mass is 9.79. The number of methoxy groups -OCH3 is 1. The molecule has 1 aromatic heterocycles. The Bertz CT molecular complexity index is 1170. The van der Waals surface area contributed by atoms with E-state index in [0.717, 1.165) is 40.8 Å². The maximum atomic E-state index is 13.1. The third kappa shape index (κ3) is 5.03. The molecule has 1 amide bonds. The number of pyridine rings is 1. The molecule has 7 heteroatoms. The smallest absolute Gasteiger partial charge is 0.255 e. The Morgan fingerprint density at radius 1 is 1.19 bits per heavy atom. The third-order valence-corrected chi connectivity index (χ3v) is 6.23. The average Bonchev–Trinajstić information content (AvgIpc) is 2.77. The zero-order valence-corrected chi connectivity index (χ0v) is 20.0. The molecular formula is C25H24BrClN2O3. The molecule has 1 aliphatic carbocycles. The molecule has 0 spiro atoms. The van der Waals surface area contributed by atoms with Crippen LogP contribution in [0.4, 0.5) is 0 Å². The van der Waals surface area contributed by atoms with Gasteiger partial charge in [-0.25, -0.2) is 0 Å². The summed E-state index contributed by atoms with van der Waals surface area (Å²) < 4.78 is 7.15. The molecule has 0 saturated carbocycles. The van der Waals surface area contributed by atoms with Crippen LogP contribution in [0.1, 0.15) is 43.8 Å². The Labute approximate surface area is 202 Å². The lowest BCUT2D eigenvalue weighted by Gasteiger charge is -2.24. The number of benzene rings is 2. The summed E-state index contributed by atoms with van der Waals surface area (Å²) in [6.07, 6.45) is 5.65. The van der Waals surface area contributed by atoms with Gasteiger partial charge in [0.15, 0.2) is 24.7 Å². The third-order valence-electron chi connectivity index (χ3n) is 5.86. The number of ketones is 1. The number of hydrogen-bond donors (Lipinski definition) is 1. The number of primary amides is 1. The molecule has 0 aliphatic heterocycles. The molecule has 0 bridgehead atoms. The number of ether oxygens (including phenoxy) is 1. The number of aromatic nitrogens is 1. The average molecular weight is 516 g/mol. The summed E-state index contributed by atoms with van der Waals surface area (Å²) in [5.74, 6) is 0.176. The van der Waals surface area contributed by atoms with Crippen molar-refractivity contribution >= 4 is 23.3 Å². The Morgan fingerprint density at radius 2 is 1.97 bits per heavy atom. The minimum absolute atomic E-state index is 0. The Balaban J connectivity index is 0.00000289. The van der Waals surface area contributed by atoms with Crippen LogP contribution in [0.5, 0.6) is 5.75 Å². The summed E-state index contributed by atoms with van der Waals surface area (Å²) in [4.78, 5) is 25.2. The van der Waals surface area contributed by atoms with Gasteiger partial charge in [0.1, 0.15) is 11.3 Å². The van der Waals surface area contributed by atoms with Crippen molar-refractivity contribution in [3.05, 3.63) is 93.8 Å². The van der Waals surface area contributed by atoms with E-state index in [1.807, 2.05) is 59.3 Å². The van der Waals surface area contributed by atoms with E-state index in [9.17, 15) is 9.59 Å². The number of hydrogen-bond acceptors (Lipinski definition) is 3. The molecule has 2 aromatic carbocycles. The molecule has 32 heavy (non-hydrogen) atoms. The van der Waals surface area contributed by atoms with E-state index in [0.29, 0.717) is 23.6 Å². The number of fused-ring (bicyclic) bond motifs is 1. The van der Waals surface area contributed by atoms with Gasteiger partial charge in [0, 0.05) is 23.1 Å². The number of amides is 1. The minimum Gasteiger partial charge on any atom is -1.00 e. The minimum atomic E-state index is -0.503. The fraction of sp³-hybridized carbons (Fsp3) is 0.240. The van der Waals surface area contributed by atoms with Crippen LogP contribution < -0.4 is 32.0 Å². The lowest BCUT2D eigenvalue weighted by molar-refractivity contribution is -0.688. The highest BCUT2D eigenvalue weighted by Gasteiger charge is 2.29. The maximum absolute atomic E-state index is 13.1. The van der Waals surface area contributed by atoms with E-state index in [-0.39, 0.29) is 28.7 Å². The fourth-order valence-corrected chi connectivity index (χ4v) is 4.37. The molecule has 1 atom stereocenters. The number of carbonyl (C=O) groups excluding carboxylic acids is 2. The lowest BCUT2D eigenvalue weighted by Crippen LogP contribution is -3.00. The first-order chi connectivity index (χ1) is 15.0. The zero-order valence-electron chi connectivity index (χ0n) is 17.7. The fourth-order valence-electron chi connectivity index (χ4n) is 4.17. The predicted molar refractivity (Wildman–Crippen MR) is 119 cm³/mol. The van der Waals surface area contributed by atoms with E-state index < -0.39 is 5.91 Å². The van der Waals surface area contributed by atoms with Crippen LogP contribution in [0.15, 0.2) is 60.9 Å². The molecule has 0 fully saturated rings. The number of rotatable bonds is 6. The van der Waals surface area contributed by atoms with Gasteiger partial charge in [0.2, 0.25) is 0 Å². The summed E-state index contributed by atoms with van der Waals surface area (Å²) in [6, 6.07) is 15.0. The van der Waals surface area contributed by atoms with Gasteiger partial charge in [-0.3, -0.25) is 9.59 Å². The first-order valence-electron chi connectivity index (χ1n) is 10.2. The molecule has 4 rings (SSSR count). The molecular weight excluding hydrogens is 492 g/mol. The van der Waals surface area contributed by atoms with Crippen molar-refractivity contribution in [1.82, 2.24) is 0 Å². The van der Waals surface area contributed by atoms with Crippen LogP contribution in [0.25, 0.3) is 0 Å². The molecule has 1 aliphatic rings. The highest BCUT2D eigenvalue weighted by atomic mass is 79.9. The molecule has 1 unspecified atom stereocenters. The number of carbonyl (C=O) groups is 2. The molecule has 5 nitrogen and oxygen atoms in total. The van der Waals surface area contributed by atoms with Gasteiger partial charge in [-0.05, 0) is 54.7 Å². The van der Waals surface area contributed by atoms with Gasteiger partial charge in [0.25, 0.3) is 5.91 Å². The van der Waals surface area contributed by atoms with E-state index in [1.165, 1.54) is 0 Å². The largest absolute Gasteiger partial charge is 1.00 e. The maximum Gasteiger partial charge on any atom is 0.255 e. The van der Waals surface area contributed by atoms with E-state index in [2.05, 4.69) is 0 Å². The van der Waals surface area contributed by atoms with Crippen LogP contribution in [0.3, 0.4) is 0 Å². The van der Waals surface area contributed by atoms with Crippen LogP contribution >= 0.6 is 11.6 Å².